The summed E-state index contributed by atoms with van der Waals surface area (Å²) >= 11 is 11.6. The van der Waals surface area contributed by atoms with Crippen LogP contribution in [-0.4, -0.2) is 28.6 Å². The first-order valence-corrected chi connectivity index (χ1v) is 7.10. The monoisotopic (exact) mass is 302 g/mol. The van der Waals surface area contributed by atoms with Gasteiger partial charge in [0.05, 0.1) is 11.7 Å². The van der Waals surface area contributed by atoms with E-state index in [-0.39, 0.29) is 22.3 Å². The Labute approximate surface area is 122 Å². The highest BCUT2D eigenvalue weighted by Gasteiger charge is 2.21. The second-order valence-corrected chi connectivity index (χ2v) is 5.61. The van der Waals surface area contributed by atoms with Crippen molar-refractivity contribution < 1.29 is 9.90 Å². The molecule has 2 rings (SSSR count). The summed E-state index contributed by atoms with van der Waals surface area (Å²) in [6, 6.07) is 3.09. The van der Waals surface area contributed by atoms with Crippen molar-refractivity contribution in [2.75, 3.05) is 6.54 Å². The lowest BCUT2D eigenvalue weighted by Gasteiger charge is -2.25. The lowest BCUT2D eigenvalue weighted by Crippen LogP contribution is -2.33. The number of aliphatic hydroxyl groups excluding tert-OH is 1. The van der Waals surface area contributed by atoms with Crippen LogP contribution in [0.25, 0.3) is 0 Å². The maximum absolute atomic E-state index is 12.0. The summed E-state index contributed by atoms with van der Waals surface area (Å²) in [6.45, 7) is 0.550. The molecule has 0 aliphatic heterocycles. The summed E-state index contributed by atoms with van der Waals surface area (Å²) < 4.78 is 0. The van der Waals surface area contributed by atoms with Gasteiger partial charge in [0.25, 0.3) is 5.91 Å². The largest absolute Gasteiger partial charge is 0.393 e. The molecule has 0 bridgehead atoms. The van der Waals surface area contributed by atoms with E-state index in [1.807, 2.05) is 0 Å². The van der Waals surface area contributed by atoms with Crippen LogP contribution in [0.5, 0.6) is 0 Å². The Kier molecular flexibility index (Phi) is 5.02. The van der Waals surface area contributed by atoms with Crippen LogP contribution >= 0.6 is 23.2 Å². The number of halogens is 2. The molecule has 2 unspecified atom stereocenters. The SMILES string of the molecule is O=C(NCC1CCCC(O)C1)c1ccc(Cl)nc1Cl. The minimum absolute atomic E-state index is 0.105. The van der Waals surface area contributed by atoms with E-state index in [0.717, 1.165) is 25.7 Å². The number of rotatable bonds is 3. The number of hydrogen-bond acceptors (Lipinski definition) is 3. The van der Waals surface area contributed by atoms with Gasteiger partial charge in [-0.2, -0.15) is 0 Å². The van der Waals surface area contributed by atoms with Crippen molar-refractivity contribution in [3.05, 3.63) is 28.0 Å². The lowest BCUT2D eigenvalue weighted by molar-refractivity contribution is 0.0873. The smallest absolute Gasteiger partial charge is 0.254 e. The van der Waals surface area contributed by atoms with Crippen LogP contribution in [0.4, 0.5) is 0 Å². The Morgan fingerprint density at radius 3 is 2.89 bits per heavy atom. The van der Waals surface area contributed by atoms with Crippen molar-refractivity contribution in [3.63, 3.8) is 0 Å². The van der Waals surface area contributed by atoms with E-state index in [2.05, 4.69) is 10.3 Å². The lowest BCUT2D eigenvalue weighted by atomic mass is 9.87. The van der Waals surface area contributed by atoms with Crippen molar-refractivity contribution in [2.45, 2.75) is 31.8 Å². The van der Waals surface area contributed by atoms with Crippen LogP contribution < -0.4 is 5.32 Å². The Morgan fingerprint density at radius 1 is 1.42 bits per heavy atom. The Balaban J connectivity index is 1.90. The third-order valence-electron chi connectivity index (χ3n) is 3.37. The standard InChI is InChI=1S/C13H16Cl2N2O2/c14-11-5-4-10(12(15)17-11)13(19)16-7-8-2-1-3-9(18)6-8/h4-5,8-9,18H,1-3,6-7H2,(H,16,19). The van der Waals surface area contributed by atoms with Gasteiger partial charge in [0.2, 0.25) is 0 Å². The molecular formula is C13H16Cl2N2O2. The molecule has 6 heteroatoms. The molecule has 1 aromatic heterocycles. The summed E-state index contributed by atoms with van der Waals surface area (Å²) in [5, 5.41) is 12.8. The minimum atomic E-state index is -0.255. The number of aliphatic hydroxyl groups is 1. The molecule has 1 aliphatic rings. The number of aromatic nitrogens is 1. The summed E-state index contributed by atoms with van der Waals surface area (Å²) in [5.74, 6) is 0.0703. The van der Waals surface area contributed by atoms with Crippen LogP contribution in [0.2, 0.25) is 10.3 Å². The normalized spacial score (nSPS) is 23.1. The van der Waals surface area contributed by atoms with Gasteiger partial charge in [-0.25, -0.2) is 4.98 Å². The molecule has 1 aromatic rings. The van der Waals surface area contributed by atoms with Crippen LogP contribution in [-0.2, 0) is 0 Å². The van der Waals surface area contributed by atoms with Gasteiger partial charge in [0.1, 0.15) is 10.3 Å². The molecule has 0 spiro atoms. The molecule has 4 nitrogen and oxygen atoms in total. The topological polar surface area (TPSA) is 62.2 Å². The molecular weight excluding hydrogens is 287 g/mol. The zero-order valence-corrected chi connectivity index (χ0v) is 11.9. The van der Waals surface area contributed by atoms with Crippen molar-refractivity contribution in [1.29, 1.82) is 0 Å². The molecule has 1 saturated carbocycles. The first-order valence-electron chi connectivity index (χ1n) is 6.34. The van der Waals surface area contributed by atoms with E-state index in [1.54, 1.807) is 6.07 Å². The van der Waals surface area contributed by atoms with Gasteiger partial charge in [-0.15, -0.1) is 0 Å². The molecule has 1 heterocycles. The Hall–Kier alpha value is -0.840. The average molecular weight is 303 g/mol. The van der Waals surface area contributed by atoms with Gasteiger partial charge in [-0.3, -0.25) is 4.79 Å². The zero-order chi connectivity index (χ0) is 13.8. The van der Waals surface area contributed by atoms with Gasteiger partial charge in [-0.1, -0.05) is 29.6 Å². The number of carbonyl (C=O) groups is 1. The number of nitrogens with one attached hydrogen (secondary N) is 1. The molecule has 0 aromatic carbocycles. The fraction of sp³-hybridized carbons (Fsp3) is 0.538. The van der Waals surface area contributed by atoms with Crippen molar-refractivity contribution >= 4 is 29.1 Å². The zero-order valence-electron chi connectivity index (χ0n) is 10.4. The van der Waals surface area contributed by atoms with Gasteiger partial charge in [0.15, 0.2) is 0 Å². The number of pyridine rings is 1. The van der Waals surface area contributed by atoms with E-state index in [9.17, 15) is 9.90 Å². The summed E-state index contributed by atoms with van der Waals surface area (Å²) in [7, 11) is 0. The molecule has 0 radical (unpaired) electrons. The fourth-order valence-corrected chi connectivity index (χ4v) is 2.79. The van der Waals surface area contributed by atoms with E-state index in [0.29, 0.717) is 18.0 Å². The number of carbonyl (C=O) groups excluding carboxylic acids is 1. The molecule has 104 valence electrons. The van der Waals surface area contributed by atoms with Gasteiger partial charge in [0, 0.05) is 6.54 Å². The molecule has 1 fully saturated rings. The van der Waals surface area contributed by atoms with Crippen LogP contribution in [0, 0.1) is 5.92 Å². The van der Waals surface area contributed by atoms with E-state index in [1.165, 1.54) is 6.07 Å². The van der Waals surface area contributed by atoms with E-state index in [4.69, 9.17) is 23.2 Å². The number of hydrogen-bond donors (Lipinski definition) is 2. The maximum atomic E-state index is 12.0. The molecule has 1 aliphatic carbocycles. The first-order chi connectivity index (χ1) is 9.06. The fourth-order valence-electron chi connectivity index (χ4n) is 2.36. The van der Waals surface area contributed by atoms with E-state index >= 15 is 0 Å². The summed E-state index contributed by atoms with van der Waals surface area (Å²) in [6.07, 6.45) is 3.40. The maximum Gasteiger partial charge on any atom is 0.254 e. The van der Waals surface area contributed by atoms with Crippen LogP contribution in [0.3, 0.4) is 0 Å². The molecule has 2 atom stereocenters. The van der Waals surface area contributed by atoms with Crippen molar-refractivity contribution in [2.24, 2.45) is 5.92 Å². The number of nitrogens with zero attached hydrogens (tertiary/aromatic N) is 1. The first kappa shape index (κ1) is 14.6. The average Bonchev–Trinajstić information content (AvgIpc) is 2.36. The highest BCUT2D eigenvalue weighted by Crippen LogP contribution is 2.23. The quantitative estimate of drug-likeness (QED) is 0.844. The highest BCUT2D eigenvalue weighted by atomic mass is 35.5. The van der Waals surface area contributed by atoms with E-state index < -0.39 is 0 Å². The Bertz CT molecular complexity index is 468. The van der Waals surface area contributed by atoms with Crippen molar-refractivity contribution in [1.82, 2.24) is 10.3 Å². The predicted octanol–water partition coefficient (Wildman–Crippen LogP) is 2.67. The summed E-state index contributed by atoms with van der Waals surface area (Å²) in [4.78, 5) is 15.8. The van der Waals surface area contributed by atoms with Gasteiger partial charge in [-0.05, 0) is 37.3 Å². The third kappa shape index (κ3) is 4.06. The highest BCUT2D eigenvalue weighted by molar-refractivity contribution is 6.34. The second kappa shape index (κ2) is 6.55. The molecule has 2 N–H and O–H groups in total. The molecule has 1 amide bonds. The Morgan fingerprint density at radius 2 is 2.21 bits per heavy atom. The second-order valence-electron chi connectivity index (χ2n) is 4.87. The van der Waals surface area contributed by atoms with Crippen molar-refractivity contribution in [3.8, 4) is 0 Å². The summed E-state index contributed by atoms with van der Waals surface area (Å²) in [5.41, 5.74) is 0.322. The predicted molar refractivity (Wildman–Crippen MR) is 74.6 cm³/mol. The van der Waals surface area contributed by atoms with Crippen LogP contribution in [0.1, 0.15) is 36.0 Å². The third-order valence-corrected chi connectivity index (χ3v) is 3.86. The minimum Gasteiger partial charge on any atom is -0.393 e. The molecule has 19 heavy (non-hydrogen) atoms. The van der Waals surface area contributed by atoms with Gasteiger partial charge < -0.3 is 10.4 Å². The number of amides is 1. The van der Waals surface area contributed by atoms with Crippen LogP contribution in [0.15, 0.2) is 12.1 Å². The van der Waals surface area contributed by atoms with Gasteiger partial charge >= 0.3 is 0 Å². The molecule has 0 saturated heterocycles.